The van der Waals surface area contributed by atoms with Gasteiger partial charge in [-0.25, -0.2) is 16.8 Å². The summed E-state index contributed by atoms with van der Waals surface area (Å²) in [5, 5.41) is -0.458. The van der Waals surface area contributed by atoms with Gasteiger partial charge >= 0.3 is 0 Å². The molecule has 0 aromatic heterocycles. The molecule has 0 aliphatic heterocycles. The maximum atomic E-state index is 10.3. The van der Waals surface area contributed by atoms with Crippen LogP contribution in [-0.4, -0.2) is 51.4 Å². The summed E-state index contributed by atoms with van der Waals surface area (Å²) in [5.74, 6) is 0.944. The molecule has 0 atom stereocenters. The van der Waals surface area contributed by atoms with Crippen molar-refractivity contribution in [2.45, 2.75) is 109 Å². The second-order valence-corrected chi connectivity index (χ2v) is 12.5. The summed E-state index contributed by atoms with van der Waals surface area (Å²) in [6, 6.07) is 0. The van der Waals surface area contributed by atoms with Crippen molar-refractivity contribution in [3.05, 3.63) is 0 Å². The molecule has 0 bridgehead atoms. The number of Topliss-reactive ketones (excluding diaryl/α,β-unsaturated/α-hetero) is 2. The third kappa shape index (κ3) is 50.7. The van der Waals surface area contributed by atoms with Gasteiger partial charge < -0.3 is 0 Å². The summed E-state index contributed by atoms with van der Waals surface area (Å²) in [6.07, 6.45) is 2.47. The van der Waals surface area contributed by atoms with Crippen molar-refractivity contribution in [2.24, 2.45) is 11.8 Å². The Hall–Kier alpha value is -0.760. The maximum absolute atomic E-state index is 10.3. The lowest BCUT2D eigenvalue weighted by Gasteiger charge is -1.96. The van der Waals surface area contributed by atoms with Crippen LogP contribution in [0.2, 0.25) is 0 Å². The minimum atomic E-state index is -2.74. The number of hydrogen-bond donors (Lipinski definition) is 0. The van der Waals surface area contributed by atoms with E-state index < -0.39 is 19.7 Å². The minimum absolute atomic E-state index is 0. The van der Waals surface area contributed by atoms with Gasteiger partial charge in [-0.2, -0.15) is 0 Å². The predicted octanol–water partition coefficient (Wildman–Crippen LogP) is 5.89. The summed E-state index contributed by atoms with van der Waals surface area (Å²) in [5.41, 5.74) is 0. The van der Waals surface area contributed by atoms with Crippen LogP contribution in [0.1, 0.15) is 98.9 Å². The van der Waals surface area contributed by atoms with Crippen LogP contribution >= 0.6 is 0 Å². The Bertz CT molecular complexity index is 531. The normalized spacial score (nSPS) is 9.60. The lowest BCUT2D eigenvalue weighted by atomic mass is 10.1. The van der Waals surface area contributed by atoms with E-state index in [4.69, 9.17) is 0 Å². The van der Waals surface area contributed by atoms with Gasteiger partial charge in [-0.3, -0.25) is 9.59 Å². The average molecular weight is 481 g/mol. The van der Waals surface area contributed by atoms with Crippen LogP contribution < -0.4 is 0 Å². The molecule has 0 aromatic carbocycles. The molecule has 0 saturated carbocycles. The van der Waals surface area contributed by atoms with Crippen LogP contribution in [0.3, 0.4) is 0 Å². The predicted molar refractivity (Wildman–Crippen MR) is 138 cm³/mol. The molecule has 0 amide bonds. The van der Waals surface area contributed by atoms with Gasteiger partial charge in [0.1, 0.15) is 31.2 Å². The standard InChI is InChI=1S/2C5H10O.2C4H10O2S.4CH4/c2*1-4(2)5(3)6;2*1-4(2)7(3,5)6;;;;/h2*4H,1-3H3;2*4H,1-3H3;4*1H4. The minimum Gasteiger partial charge on any atom is -0.300 e. The molecule has 0 spiro atoms. The number of sulfone groups is 2. The Morgan fingerprint density at radius 3 is 0.567 bits per heavy atom. The molecule has 6 nitrogen and oxygen atoms in total. The fraction of sp³-hybridized carbons (Fsp3) is 0.909. The van der Waals surface area contributed by atoms with Crippen molar-refractivity contribution in [2.75, 3.05) is 12.5 Å². The SMILES string of the molecule is C.C.C.C.CC(=O)C(C)C.CC(=O)C(C)C.CC(C)S(C)(=O)=O.CC(C)S(C)(=O)=O. The van der Waals surface area contributed by atoms with Crippen molar-refractivity contribution >= 4 is 31.2 Å². The van der Waals surface area contributed by atoms with Gasteiger partial charge in [0.15, 0.2) is 0 Å². The van der Waals surface area contributed by atoms with Crippen LogP contribution in [0, 0.1) is 11.8 Å². The smallest absolute Gasteiger partial charge is 0.149 e. The monoisotopic (exact) mass is 480 g/mol. The first-order valence-corrected chi connectivity index (χ1v) is 12.5. The van der Waals surface area contributed by atoms with Gasteiger partial charge in [-0.15, -0.1) is 0 Å². The van der Waals surface area contributed by atoms with Gasteiger partial charge in [0.05, 0.1) is 10.5 Å². The molecule has 0 radical (unpaired) electrons. The molecule has 30 heavy (non-hydrogen) atoms. The zero-order chi connectivity index (χ0) is 22.5. The molecule has 0 aromatic rings. The fourth-order valence-corrected chi connectivity index (χ4v) is 0. The first-order valence-electron chi connectivity index (χ1n) is 8.56. The first kappa shape index (κ1) is 51.7. The zero-order valence-electron chi connectivity index (χ0n) is 18.6. The van der Waals surface area contributed by atoms with Gasteiger partial charge in [-0.1, -0.05) is 57.4 Å². The molecule has 192 valence electrons. The molecular formula is C22H56O6S2. The number of rotatable bonds is 4. The molecule has 0 fully saturated rings. The van der Waals surface area contributed by atoms with Crippen molar-refractivity contribution < 1.29 is 26.4 Å². The molecule has 0 saturated heterocycles. The summed E-state index contributed by atoms with van der Waals surface area (Å²) in [7, 11) is -5.48. The summed E-state index contributed by atoms with van der Waals surface area (Å²) in [6.45, 7) is 17.4. The quantitative estimate of drug-likeness (QED) is 0.497. The second kappa shape index (κ2) is 24.5. The van der Waals surface area contributed by atoms with E-state index in [1.807, 2.05) is 27.7 Å². The highest BCUT2D eigenvalue weighted by molar-refractivity contribution is 7.91. The second-order valence-electron chi connectivity index (χ2n) is 7.29. The zero-order valence-corrected chi connectivity index (χ0v) is 20.2. The molecule has 0 N–H and O–H groups in total. The Balaban J connectivity index is -0.0000000344. The van der Waals surface area contributed by atoms with E-state index in [-0.39, 0.29) is 63.6 Å². The molecule has 0 aliphatic rings. The number of carbonyl (C=O) groups is 2. The van der Waals surface area contributed by atoms with Crippen LogP contribution in [0.25, 0.3) is 0 Å². The summed E-state index contributed by atoms with van der Waals surface area (Å²) in [4.78, 5) is 20.3. The fourth-order valence-electron chi connectivity index (χ4n) is 0. The van der Waals surface area contributed by atoms with Gasteiger partial charge in [0.2, 0.25) is 0 Å². The highest BCUT2D eigenvalue weighted by Crippen LogP contribution is 1.93. The molecule has 8 heteroatoms. The van der Waals surface area contributed by atoms with E-state index in [1.165, 1.54) is 12.5 Å². The third-order valence-corrected chi connectivity index (χ3v) is 6.76. The number of hydrogen-bond acceptors (Lipinski definition) is 6. The van der Waals surface area contributed by atoms with Crippen LogP contribution in [-0.2, 0) is 29.3 Å². The van der Waals surface area contributed by atoms with Gasteiger partial charge in [0, 0.05) is 24.3 Å². The van der Waals surface area contributed by atoms with Crippen molar-refractivity contribution in [1.82, 2.24) is 0 Å². The first-order chi connectivity index (χ1) is 11.2. The van der Waals surface area contributed by atoms with Crippen molar-refractivity contribution in [3.63, 3.8) is 0 Å². The number of ketones is 2. The lowest BCUT2D eigenvalue weighted by molar-refractivity contribution is -0.120. The Morgan fingerprint density at radius 2 is 0.567 bits per heavy atom. The average Bonchev–Trinajstić information content (AvgIpc) is 2.38. The molecule has 0 aliphatic carbocycles. The van der Waals surface area contributed by atoms with Crippen molar-refractivity contribution in [1.29, 1.82) is 0 Å². The van der Waals surface area contributed by atoms with E-state index in [1.54, 1.807) is 41.5 Å². The highest BCUT2D eigenvalue weighted by atomic mass is 32.2. The largest absolute Gasteiger partial charge is 0.300 e. The van der Waals surface area contributed by atoms with E-state index in [2.05, 4.69) is 0 Å². The maximum Gasteiger partial charge on any atom is 0.149 e. The van der Waals surface area contributed by atoms with Crippen LogP contribution in [0.15, 0.2) is 0 Å². The van der Waals surface area contributed by atoms with E-state index in [0.717, 1.165) is 0 Å². The Labute approximate surface area is 191 Å². The van der Waals surface area contributed by atoms with E-state index in [0.29, 0.717) is 0 Å². The molecular weight excluding hydrogens is 424 g/mol. The lowest BCUT2D eigenvalue weighted by Crippen LogP contribution is -2.10. The van der Waals surface area contributed by atoms with Gasteiger partial charge in [0.25, 0.3) is 0 Å². The summed E-state index contributed by atoms with van der Waals surface area (Å²) < 4.78 is 41.3. The molecule has 0 heterocycles. The Kier molecular flexibility index (Phi) is 42.2. The van der Waals surface area contributed by atoms with Crippen molar-refractivity contribution in [3.8, 4) is 0 Å². The molecule has 0 unspecified atom stereocenters. The Morgan fingerprint density at radius 1 is 0.500 bits per heavy atom. The van der Waals surface area contributed by atoms with Gasteiger partial charge in [-0.05, 0) is 41.5 Å². The van der Waals surface area contributed by atoms with Crippen LogP contribution in [0.5, 0.6) is 0 Å². The summed E-state index contributed by atoms with van der Waals surface area (Å²) >= 11 is 0. The highest BCUT2D eigenvalue weighted by Gasteiger charge is 2.06. The van der Waals surface area contributed by atoms with Crippen LogP contribution in [0.4, 0.5) is 0 Å². The number of carbonyl (C=O) groups excluding carboxylic acids is 2. The molecule has 0 rings (SSSR count). The van der Waals surface area contributed by atoms with E-state index >= 15 is 0 Å². The topological polar surface area (TPSA) is 102 Å². The van der Waals surface area contributed by atoms with E-state index in [9.17, 15) is 26.4 Å². The third-order valence-electron chi connectivity index (χ3n) is 3.34.